The van der Waals surface area contributed by atoms with Crippen LogP contribution in [0.25, 0.3) is 10.8 Å². The van der Waals surface area contributed by atoms with Gasteiger partial charge < -0.3 is 15.2 Å². The number of fused-ring (bicyclic) bond motifs is 1. The molecule has 0 unspecified atom stereocenters. The van der Waals surface area contributed by atoms with Gasteiger partial charge in [0.05, 0.1) is 29.2 Å². The van der Waals surface area contributed by atoms with Crippen LogP contribution in [0.1, 0.15) is 15.9 Å². The second-order valence-corrected chi connectivity index (χ2v) is 10.1. The van der Waals surface area contributed by atoms with Crippen LogP contribution in [-0.4, -0.2) is 26.0 Å². The molecule has 2 N–H and O–H groups in total. The molecule has 0 radical (unpaired) electrons. The molecule has 1 amide bonds. The van der Waals surface area contributed by atoms with Crippen LogP contribution >= 0.6 is 23.2 Å². The van der Waals surface area contributed by atoms with Crippen molar-refractivity contribution in [3.63, 3.8) is 0 Å². The zero-order valence-corrected chi connectivity index (χ0v) is 24.6. The fraction of sp³-hybridized carbons (Fsp3) is 0.0800. The van der Waals surface area contributed by atoms with Crippen molar-refractivity contribution in [3.05, 3.63) is 81.8 Å². The summed E-state index contributed by atoms with van der Waals surface area (Å²) in [5, 5.41) is 25.3. The standard InChI is InChI=1S/C25H19Cl2N3O6S.Na/c1-13-21(10-15(26)11-22(13)37(33,34)35)29-30-23-17-6-4-3-5-14(17)9-18(24(23)31)25(32)28-20-8-7-16(36-2)12-19(20)27;/h3-12,31H,1-2H3,(H,28,32)(H,33,34,35);/q;+1/p-1. The summed E-state index contributed by atoms with van der Waals surface area (Å²) in [5.41, 5.74) is 0.0206. The number of methoxy groups -OCH3 is 1. The van der Waals surface area contributed by atoms with Gasteiger partial charge in [-0.1, -0.05) is 53.2 Å². The molecular formula is C25H18Cl2N3NaO6S. The Labute approximate surface area is 250 Å². The molecule has 4 aromatic rings. The van der Waals surface area contributed by atoms with E-state index in [-0.39, 0.29) is 67.8 Å². The van der Waals surface area contributed by atoms with Crippen LogP contribution in [-0.2, 0) is 10.1 Å². The summed E-state index contributed by atoms with van der Waals surface area (Å²) in [7, 11) is -3.10. The largest absolute Gasteiger partial charge is 1.00 e. The number of carbonyl (C=O) groups is 1. The third-order valence-corrected chi connectivity index (χ3v) is 6.99. The van der Waals surface area contributed by atoms with Crippen molar-refractivity contribution in [2.75, 3.05) is 12.4 Å². The average molecular weight is 582 g/mol. The number of rotatable bonds is 6. The molecule has 4 rings (SSSR count). The second-order valence-electron chi connectivity index (χ2n) is 7.85. The summed E-state index contributed by atoms with van der Waals surface area (Å²) in [6.45, 7) is 1.41. The van der Waals surface area contributed by atoms with E-state index in [4.69, 9.17) is 27.9 Å². The fourth-order valence-corrected chi connectivity index (χ4v) is 4.87. The maximum atomic E-state index is 13.4. The van der Waals surface area contributed by atoms with E-state index in [0.717, 1.165) is 6.07 Å². The molecular weight excluding hydrogens is 564 g/mol. The SMILES string of the molecule is COc1ccc(NC(=O)c2cc3ccccc3c(N=Nc3cc(Cl)cc(S(=O)(=O)O)c3C)c2[O-])c(Cl)c1.[Na+]. The van der Waals surface area contributed by atoms with Crippen molar-refractivity contribution in [1.29, 1.82) is 0 Å². The molecule has 0 fully saturated rings. The molecule has 0 heterocycles. The van der Waals surface area contributed by atoms with Crippen molar-refractivity contribution < 1.29 is 57.2 Å². The molecule has 0 saturated heterocycles. The van der Waals surface area contributed by atoms with Gasteiger partial charge >= 0.3 is 29.6 Å². The topological polar surface area (TPSA) is 140 Å². The molecule has 0 atom stereocenters. The average Bonchev–Trinajstić information content (AvgIpc) is 2.85. The molecule has 0 aliphatic rings. The minimum Gasteiger partial charge on any atom is -0.870 e. The van der Waals surface area contributed by atoms with Crippen molar-refractivity contribution in [2.24, 2.45) is 10.2 Å². The third-order valence-electron chi connectivity index (χ3n) is 5.48. The number of ether oxygens (including phenoxy) is 1. The summed E-state index contributed by atoms with van der Waals surface area (Å²) >= 11 is 12.2. The number of anilines is 1. The molecule has 0 aliphatic heterocycles. The molecule has 4 aromatic carbocycles. The van der Waals surface area contributed by atoms with Crippen molar-refractivity contribution >= 4 is 67.1 Å². The van der Waals surface area contributed by atoms with Crippen LogP contribution < -0.4 is 44.7 Å². The second kappa shape index (κ2) is 12.0. The number of carbonyl (C=O) groups excluding carboxylic acids is 1. The maximum absolute atomic E-state index is 13.4. The van der Waals surface area contributed by atoms with E-state index < -0.39 is 26.7 Å². The van der Waals surface area contributed by atoms with E-state index >= 15 is 0 Å². The van der Waals surface area contributed by atoms with E-state index in [1.165, 1.54) is 32.2 Å². The van der Waals surface area contributed by atoms with Crippen molar-refractivity contribution in [3.8, 4) is 11.5 Å². The van der Waals surface area contributed by atoms with Gasteiger partial charge in [-0.05, 0) is 48.2 Å². The van der Waals surface area contributed by atoms with Crippen LogP contribution in [0.15, 0.2) is 75.8 Å². The maximum Gasteiger partial charge on any atom is 1.00 e. The normalized spacial score (nSPS) is 11.4. The van der Waals surface area contributed by atoms with Crippen LogP contribution in [0.5, 0.6) is 11.5 Å². The molecule has 0 aromatic heterocycles. The number of nitrogens with zero attached hydrogens (tertiary/aromatic N) is 2. The van der Waals surface area contributed by atoms with Gasteiger partial charge in [0.15, 0.2) is 0 Å². The first-order chi connectivity index (χ1) is 17.5. The number of hydrogen-bond acceptors (Lipinski definition) is 7. The minimum absolute atomic E-state index is 0. The number of amides is 1. The van der Waals surface area contributed by atoms with Gasteiger partial charge in [0.2, 0.25) is 0 Å². The van der Waals surface area contributed by atoms with Gasteiger partial charge in [-0.3, -0.25) is 9.35 Å². The van der Waals surface area contributed by atoms with Gasteiger partial charge in [0.1, 0.15) is 10.6 Å². The van der Waals surface area contributed by atoms with E-state index in [1.807, 2.05) is 0 Å². The summed E-state index contributed by atoms with van der Waals surface area (Å²) in [6.07, 6.45) is 0. The Kier molecular flexibility index (Phi) is 9.43. The quantitative estimate of drug-likeness (QED) is 0.203. The zero-order valence-electron chi connectivity index (χ0n) is 20.3. The molecule has 38 heavy (non-hydrogen) atoms. The first-order valence-electron chi connectivity index (χ1n) is 10.6. The van der Waals surface area contributed by atoms with Crippen LogP contribution in [0.3, 0.4) is 0 Å². The molecule has 9 nitrogen and oxygen atoms in total. The number of benzene rings is 4. The predicted octanol–water partition coefficient (Wildman–Crippen LogP) is 3.46. The van der Waals surface area contributed by atoms with Gasteiger partial charge in [-0.15, -0.1) is 0 Å². The third kappa shape index (κ3) is 6.29. The molecule has 13 heteroatoms. The first-order valence-corrected chi connectivity index (χ1v) is 12.8. The van der Waals surface area contributed by atoms with E-state index in [2.05, 4.69) is 15.5 Å². The van der Waals surface area contributed by atoms with Gasteiger partial charge in [-0.25, -0.2) is 0 Å². The molecule has 0 aliphatic carbocycles. The van der Waals surface area contributed by atoms with E-state index in [0.29, 0.717) is 16.5 Å². The summed E-state index contributed by atoms with van der Waals surface area (Å²) in [5.74, 6) is -0.930. The minimum atomic E-state index is -4.58. The number of azo groups is 1. The van der Waals surface area contributed by atoms with E-state index in [9.17, 15) is 22.9 Å². The van der Waals surface area contributed by atoms with Crippen LogP contribution in [0, 0.1) is 6.92 Å². The number of halogens is 2. The monoisotopic (exact) mass is 581 g/mol. The van der Waals surface area contributed by atoms with Gasteiger partial charge in [0.25, 0.3) is 16.0 Å². The van der Waals surface area contributed by atoms with Crippen molar-refractivity contribution in [1.82, 2.24) is 0 Å². The van der Waals surface area contributed by atoms with Gasteiger partial charge in [-0.2, -0.15) is 18.6 Å². The Morgan fingerprint density at radius 2 is 1.76 bits per heavy atom. The number of hydrogen-bond donors (Lipinski definition) is 2. The zero-order chi connectivity index (χ0) is 26.9. The summed E-state index contributed by atoms with van der Waals surface area (Å²) < 4.78 is 38.0. The molecule has 190 valence electrons. The van der Waals surface area contributed by atoms with Crippen LogP contribution in [0.4, 0.5) is 17.1 Å². The Morgan fingerprint density at radius 3 is 2.42 bits per heavy atom. The Hall–Kier alpha value is -2.70. The Morgan fingerprint density at radius 1 is 1.05 bits per heavy atom. The van der Waals surface area contributed by atoms with E-state index in [1.54, 1.807) is 36.4 Å². The predicted molar refractivity (Wildman–Crippen MR) is 140 cm³/mol. The first kappa shape index (κ1) is 29.9. The summed E-state index contributed by atoms with van der Waals surface area (Å²) in [6, 6.07) is 15.3. The Balaban J connectivity index is 0.00000400. The Bertz CT molecular complexity index is 1700. The molecule has 0 spiro atoms. The molecule has 0 bridgehead atoms. The number of nitrogens with one attached hydrogen (secondary N) is 1. The smallest absolute Gasteiger partial charge is 0.870 e. The van der Waals surface area contributed by atoms with Crippen LogP contribution in [0.2, 0.25) is 10.0 Å². The van der Waals surface area contributed by atoms with Gasteiger partial charge in [0, 0.05) is 22.0 Å². The molecule has 0 saturated carbocycles. The fourth-order valence-electron chi connectivity index (χ4n) is 3.61. The van der Waals surface area contributed by atoms with Crippen molar-refractivity contribution in [2.45, 2.75) is 11.8 Å². The summed E-state index contributed by atoms with van der Waals surface area (Å²) in [4.78, 5) is 12.6.